The fourth-order valence-electron chi connectivity index (χ4n) is 2.54. The van der Waals surface area contributed by atoms with E-state index >= 15 is 0 Å². The van der Waals surface area contributed by atoms with Crippen molar-refractivity contribution in [2.45, 2.75) is 26.4 Å². The third-order valence-electron chi connectivity index (χ3n) is 3.92. The Bertz CT molecular complexity index is 774. The molecule has 2 rings (SSSR count). The van der Waals surface area contributed by atoms with Gasteiger partial charge in [-0.3, -0.25) is 9.59 Å². The topological polar surface area (TPSA) is 88.7 Å². The highest BCUT2D eigenvalue weighted by Gasteiger charge is 2.06. The summed E-state index contributed by atoms with van der Waals surface area (Å²) in [6.45, 7) is 5.22. The van der Waals surface area contributed by atoms with Crippen LogP contribution in [0.2, 0.25) is 0 Å². The number of anilines is 2. The maximum Gasteiger partial charge on any atom is 0.251 e. The average Bonchev–Trinajstić information content (AvgIpc) is 2.71. The number of amides is 2. The van der Waals surface area contributed by atoms with Gasteiger partial charge in [-0.15, -0.1) is 0 Å². The maximum atomic E-state index is 12.1. The molecule has 7 heteroatoms. The number of benzene rings is 2. The smallest absolute Gasteiger partial charge is 0.251 e. The second kappa shape index (κ2) is 11.7. The molecule has 2 aromatic carbocycles. The van der Waals surface area contributed by atoms with Crippen molar-refractivity contribution in [1.29, 1.82) is 0 Å². The van der Waals surface area contributed by atoms with Crippen molar-refractivity contribution < 1.29 is 19.1 Å². The van der Waals surface area contributed by atoms with Crippen LogP contribution in [0, 0.1) is 0 Å². The van der Waals surface area contributed by atoms with Gasteiger partial charge in [-0.2, -0.15) is 0 Å². The van der Waals surface area contributed by atoms with Gasteiger partial charge in [-0.1, -0.05) is 0 Å². The van der Waals surface area contributed by atoms with Crippen molar-refractivity contribution in [3.63, 3.8) is 0 Å². The molecule has 0 radical (unpaired) electrons. The number of hydrogen-bond donors (Lipinski definition) is 3. The van der Waals surface area contributed by atoms with Gasteiger partial charge in [0.2, 0.25) is 5.91 Å². The van der Waals surface area contributed by atoms with E-state index in [1.807, 2.05) is 26.0 Å². The summed E-state index contributed by atoms with van der Waals surface area (Å²) in [4.78, 5) is 24.1. The van der Waals surface area contributed by atoms with Crippen LogP contribution in [0.5, 0.6) is 5.75 Å². The van der Waals surface area contributed by atoms with Crippen LogP contribution >= 0.6 is 0 Å². The van der Waals surface area contributed by atoms with Crippen LogP contribution in [-0.2, 0) is 9.53 Å². The third kappa shape index (κ3) is 8.23. The highest BCUT2D eigenvalue weighted by Crippen LogP contribution is 2.17. The molecule has 0 fully saturated rings. The molecule has 0 spiro atoms. The molecule has 0 aliphatic rings. The Balaban J connectivity index is 1.76. The van der Waals surface area contributed by atoms with E-state index in [-0.39, 0.29) is 24.5 Å². The van der Waals surface area contributed by atoms with Crippen LogP contribution in [0.15, 0.2) is 48.5 Å². The average molecular weight is 399 g/mol. The molecule has 0 saturated heterocycles. The summed E-state index contributed by atoms with van der Waals surface area (Å²) in [5, 5.41) is 8.70. The number of carbonyl (C=O) groups excluding carboxylic acids is 2. The van der Waals surface area contributed by atoms with Gasteiger partial charge in [0.05, 0.1) is 12.6 Å². The quantitative estimate of drug-likeness (QED) is 0.505. The summed E-state index contributed by atoms with van der Waals surface area (Å²) in [6.07, 6.45) is 0.873. The van der Waals surface area contributed by atoms with Crippen molar-refractivity contribution in [1.82, 2.24) is 5.32 Å². The third-order valence-corrected chi connectivity index (χ3v) is 3.92. The Kier molecular flexibility index (Phi) is 8.98. The highest BCUT2D eigenvalue weighted by atomic mass is 16.5. The van der Waals surface area contributed by atoms with E-state index in [4.69, 9.17) is 9.47 Å². The van der Waals surface area contributed by atoms with E-state index in [2.05, 4.69) is 16.0 Å². The normalized spacial score (nSPS) is 10.5. The number of ether oxygens (including phenoxy) is 2. The molecular weight excluding hydrogens is 370 g/mol. The molecule has 0 aliphatic carbocycles. The van der Waals surface area contributed by atoms with E-state index in [0.29, 0.717) is 24.4 Å². The standard InChI is InChI=1S/C22H29N3O4/c1-16(2)29-20-11-9-19(10-12-20)25-21(26)15-24-18-7-5-17(6-8-18)22(27)23-13-4-14-28-3/h5-12,16,24H,4,13-15H2,1-3H3,(H,23,27)(H,25,26). The summed E-state index contributed by atoms with van der Waals surface area (Å²) >= 11 is 0. The van der Waals surface area contributed by atoms with Crippen molar-refractivity contribution in [3.8, 4) is 5.75 Å². The predicted molar refractivity (Wildman–Crippen MR) is 115 cm³/mol. The molecule has 0 saturated carbocycles. The Labute approximate surface area is 171 Å². The predicted octanol–water partition coefficient (Wildman–Crippen LogP) is 3.29. The zero-order valence-electron chi connectivity index (χ0n) is 17.2. The molecular formula is C22H29N3O4. The minimum atomic E-state index is -0.164. The lowest BCUT2D eigenvalue weighted by Gasteiger charge is -2.11. The van der Waals surface area contributed by atoms with Gasteiger partial charge in [0.25, 0.3) is 5.91 Å². The van der Waals surface area contributed by atoms with Crippen LogP contribution in [0.1, 0.15) is 30.6 Å². The van der Waals surface area contributed by atoms with Crippen LogP contribution in [0.3, 0.4) is 0 Å². The number of nitrogens with one attached hydrogen (secondary N) is 3. The van der Waals surface area contributed by atoms with Gasteiger partial charge in [0, 0.05) is 37.2 Å². The molecule has 7 nitrogen and oxygen atoms in total. The van der Waals surface area contributed by atoms with Crippen LogP contribution in [-0.4, -0.2) is 44.7 Å². The lowest BCUT2D eigenvalue weighted by atomic mass is 10.2. The van der Waals surface area contributed by atoms with Crippen LogP contribution in [0.25, 0.3) is 0 Å². The van der Waals surface area contributed by atoms with Crippen LogP contribution < -0.4 is 20.7 Å². The Morgan fingerprint density at radius 3 is 2.24 bits per heavy atom. The van der Waals surface area contributed by atoms with Crippen molar-refractivity contribution in [2.75, 3.05) is 37.4 Å². The monoisotopic (exact) mass is 399 g/mol. The van der Waals surface area contributed by atoms with Gasteiger partial charge >= 0.3 is 0 Å². The zero-order chi connectivity index (χ0) is 21.1. The lowest BCUT2D eigenvalue weighted by Crippen LogP contribution is -2.25. The summed E-state index contributed by atoms with van der Waals surface area (Å²) in [5.41, 5.74) is 2.03. The van der Waals surface area contributed by atoms with E-state index in [1.54, 1.807) is 43.5 Å². The number of hydrogen-bond acceptors (Lipinski definition) is 5. The molecule has 29 heavy (non-hydrogen) atoms. The van der Waals surface area contributed by atoms with Crippen molar-refractivity contribution >= 4 is 23.2 Å². The fraction of sp³-hybridized carbons (Fsp3) is 0.364. The molecule has 3 N–H and O–H groups in total. The number of methoxy groups -OCH3 is 1. The first-order valence-corrected chi connectivity index (χ1v) is 9.65. The van der Waals surface area contributed by atoms with Gasteiger partial charge < -0.3 is 25.4 Å². The van der Waals surface area contributed by atoms with Crippen molar-refractivity contribution in [3.05, 3.63) is 54.1 Å². The minimum Gasteiger partial charge on any atom is -0.491 e. The molecule has 2 aromatic rings. The SMILES string of the molecule is COCCCNC(=O)c1ccc(NCC(=O)Nc2ccc(OC(C)C)cc2)cc1. The molecule has 156 valence electrons. The molecule has 0 bridgehead atoms. The first kappa shape index (κ1) is 22.2. The second-order valence-corrected chi connectivity index (χ2v) is 6.77. The first-order chi connectivity index (χ1) is 14.0. The van der Waals surface area contributed by atoms with E-state index < -0.39 is 0 Å². The van der Waals surface area contributed by atoms with Gasteiger partial charge in [-0.05, 0) is 68.8 Å². The largest absolute Gasteiger partial charge is 0.491 e. The number of carbonyl (C=O) groups is 2. The molecule has 0 atom stereocenters. The molecule has 0 aliphatic heterocycles. The summed E-state index contributed by atoms with van der Waals surface area (Å²) in [5.74, 6) is 0.469. The summed E-state index contributed by atoms with van der Waals surface area (Å²) in [6, 6.07) is 14.2. The van der Waals surface area contributed by atoms with Crippen LogP contribution in [0.4, 0.5) is 11.4 Å². The maximum absolute atomic E-state index is 12.1. The van der Waals surface area contributed by atoms with Gasteiger partial charge in [0.1, 0.15) is 5.75 Å². The van der Waals surface area contributed by atoms with Crippen molar-refractivity contribution in [2.24, 2.45) is 0 Å². The van der Waals surface area contributed by atoms with Gasteiger partial charge in [0.15, 0.2) is 0 Å². The Hall–Kier alpha value is -3.06. The molecule has 0 heterocycles. The fourth-order valence-corrected chi connectivity index (χ4v) is 2.54. The zero-order valence-corrected chi connectivity index (χ0v) is 17.2. The highest BCUT2D eigenvalue weighted by molar-refractivity contribution is 5.95. The molecule has 0 unspecified atom stereocenters. The van der Waals surface area contributed by atoms with Gasteiger partial charge in [-0.25, -0.2) is 0 Å². The lowest BCUT2D eigenvalue weighted by molar-refractivity contribution is -0.114. The molecule has 2 amide bonds. The first-order valence-electron chi connectivity index (χ1n) is 9.65. The minimum absolute atomic E-state index is 0.104. The summed E-state index contributed by atoms with van der Waals surface area (Å²) < 4.78 is 10.5. The van der Waals surface area contributed by atoms with E-state index in [9.17, 15) is 9.59 Å². The number of rotatable bonds is 11. The Morgan fingerprint density at radius 2 is 1.62 bits per heavy atom. The van der Waals surface area contributed by atoms with E-state index in [1.165, 1.54) is 0 Å². The Morgan fingerprint density at radius 1 is 0.966 bits per heavy atom. The molecule has 0 aromatic heterocycles. The second-order valence-electron chi connectivity index (χ2n) is 6.77. The summed E-state index contributed by atoms with van der Waals surface area (Å²) in [7, 11) is 1.63. The van der Waals surface area contributed by atoms with E-state index in [0.717, 1.165) is 17.9 Å².